The second kappa shape index (κ2) is 7.02. The van der Waals surface area contributed by atoms with Crippen molar-refractivity contribution in [3.05, 3.63) is 35.4 Å². The highest BCUT2D eigenvalue weighted by Gasteiger charge is 2.35. The molecular weight excluding hydrogens is 266 g/mol. The van der Waals surface area contributed by atoms with E-state index in [1.54, 1.807) is 0 Å². The van der Waals surface area contributed by atoms with Crippen LogP contribution in [-0.4, -0.2) is 50.2 Å². The molecule has 1 aliphatic heterocycles. The summed E-state index contributed by atoms with van der Waals surface area (Å²) in [5.74, 6) is -0.0629. The number of nitrogens with zero attached hydrogens (tertiary/aromatic N) is 1. The topological polar surface area (TPSA) is 53.6 Å². The monoisotopic (exact) mass is 291 g/mol. The summed E-state index contributed by atoms with van der Waals surface area (Å²) < 4.78 is 5.60. The molecule has 0 aliphatic carbocycles. The van der Waals surface area contributed by atoms with Crippen molar-refractivity contribution >= 4 is 5.91 Å². The maximum Gasteiger partial charge on any atom is 0.253 e. The van der Waals surface area contributed by atoms with Gasteiger partial charge >= 0.3 is 0 Å². The highest BCUT2D eigenvalue weighted by molar-refractivity contribution is 5.85. The highest BCUT2D eigenvalue weighted by atomic mass is 16.5. The van der Waals surface area contributed by atoms with E-state index in [1.165, 1.54) is 5.56 Å². The quantitative estimate of drug-likeness (QED) is 0.840. The summed E-state index contributed by atoms with van der Waals surface area (Å²) in [5, 5.41) is 6.14. The van der Waals surface area contributed by atoms with Gasteiger partial charge in [0, 0.05) is 26.2 Å². The van der Waals surface area contributed by atoms with Gasteiger partial charge in [0.05, 0.1) is 6.61 Å². The number of benzene rings is 1. The molecule has 1 atom stereocenters. The summed E-state index contributed by atoms with van der Waals surface area (Å²) in [6.07, 6.45) is 0. The first-order valence-corrected chi connectivity index (χ1v) is 7.35. The van der Waals surface area contributed by atoms with Crippen LogP contribution in [0.4, 0.5) is 0 Å². The Morgan fingerprint density at radius 3 is 2.57 bits per heavy atom. The van der Waals surface area contributed by atoms with E-state index in [2.05, 4.69) is 39.8 Å². The molecule has 2 N–H and O–H groups in total. The summed E-state index contributed by atoms with van der Waals surface area (Å²) in [5.41, 5.74) is 1.60. The van der Waals surface area contributed by atoms with Gasteiger partial charge in [-0.15, -0.1) is 0 Å². The predicted molar refractivity (Wildman–Crippen MR) is 82.9 cm³/mol. The normalized spacial score (nSPS) is 22.3. The minimum atomic E-state index is -0.761. The first kappa shape index (κ1) is 15.9. The molecule has 0 spiro atoms. The maximum atomic E-state index is 12.2. The Morgan fingerprint density at radius 1 is 1.33 bits per heavy atom. The highest BCUT2D eigenvalue weighted by Crippen LogP contribution is 2.13. The number of nitrogens with one attached hydrogen (secondary N) is 2. The number of morpholine rings is 1. The fourth-order valence-corrected chi connectivity index (χ4v) is 2.37. The van der Waals surface area contributed by atoms with Gasteiger partial charge in [0.1, 0.15) is 0 Å². The van der Waals surface area contributed by atoms with Crippen LogP contribution in [0.15, 0.2) is 24.3 Å². The van der Waals surface area contributed by atoms with E-state index in [0.29, 0.717) is 19.7 Å². The zero-order valence-electron chi connectivity index (χ0n) is 13.1. The lowest BCUT2D eigenvalue weighted by atomic mass is 10.0. The first-order chi connectivity index (χ1) is 9.99. The van der Waals surface area contributed by atoms with Crippen LogP contribution in [0.25, 0.3) is 0 Å². The third-order valence-corrected chi connectivity index (χ3v) is 3.62. The van der Waals surface area contributed by atoms with Crippen LogP contribution < -0.4 is 10.6 Å². The van der Waals surface area contributed by atoms with Gasteiger partial charge in [-0.2, -0.15) is 0 Å². The van der Waals surface area contributed by atoms with E-state index in [4.69, 9.17) is 4.74 Å². The van der Waals surface area contributed by atoms with Crippen LogP contribution in [0.5, 0.6) is 0 Å². The van der Waals surface area contributed by atoms with Crippen molar-refractivity contribution in [2.24, 2.45) is 0 Å². The molecule has 21 heavy (non-hydrogen) atoms. The van der Waals surface area contributed by atoms with Crippen molar-refractivity contribution in [3.8, 4) is 0 Å². The summed E-state index contributed by atoms with van der Waals surface area (Å²) in [6, 6.07) is 8.31. The number of ether oxygens (including phenoxy) is 1. The molecule has 1 amide bonds. The molecule has 5 nitrogen and oxygen atoms in total. The minimum absolute atomic E-state index is 0.0629. The van der Waals surface area contributed by atoms with Gasteiger partial charge in [0.15, 0.2) is 5.60 Å². The SMILES string of the molecule is CN(C)Cc1ccc(CNC(=O)[C@@]2(C)CNCCO2)cc1. The Balaban J connectivity index is 1.86. The van der Waals surface area contributed by atoms with Gasteiger partial charge in [0.2, 0.25) is 0 Å². The molecule has 0 radical (unpaired) electrons. The second-order valence-corrected chi connectivity index (χ2v) is 5.99. The summed E-state index contributed by atoms with van der Waals surface area (Å²) >= 11 is 0. The summed E-state index contributed by atoms with van der Waals surface area (Å²) in [4.78, 5) is 14.4. The molecule has 0 saturated carbocycles. The molecular formula is C16H25N3O2. The minimum Gasteiger partial charge on any atom is -0.363 e. The number of carbonyl (C=O) groups is 1. The molecule has 1 heterocycles. The average Bonchev–Trinajstić information content (AvgIpc) is 2.46. The van der Waals surface area contributed by atoms with Crippen LogP contribution in [0.1, 0.15) is 18.1 Å². The number of carbonyl (C=O) groups excluding carboxylic acids is 1. The number of hydrogen-bond acceptors (Lipinski definition) is 4. The number of hydrogen-bond donors (Lipinski definition) is 2. The Labute approximate surface area is 126 Å². The Morgan fingerprint density at radius 2 is 2.00 bits per heavy atom. The molecule has 116 valence electrons. The van der Waals surface area contributed by atoms with Gasteiger partial charge in [-0.25, -0.2) is 0 Å². The van der Waals surface area contributed by atoms with Crippen LogP contribution in [0.2, 0.25) is 0 Å². The first-order valence-electron chi connectivity index (χ1n) is 7.35. The zero-order valence-corrected chi connectivity index (χ0v) is 13.1. The Hall–Kier alpha value is -1.43. The number of rotatable bonds is 5. The third-order valence-electron chi connectivity index (χ3n) is 3.62. The smallest absolute Gasteiger partial charge is 0.253 e. The molecule has 0 bridgehead atoms. The molecule has 0 unspecified atom stereocenters. The summed E-state index contributed by atoms with van der Waals surface area (Å²) in [6.45, 7) is 5.21. The van der Waals surface area contributed by atoms with Crippen LogP contribution in [0.3, 0.4) is 0 Å². The van der Waals surface area contributed by atoms with Gasteiger partial charge in [-0.3, -0.25) is 4.79 Å². The lowest BCUT2D eigenvalue weighted by molar-refractivity contribution is -0.148. The molecule has 5 heteroatoms. The lowest BCUT2D eigenvalue weighted by Gasteiger charge is -2.32. The van der Waals surface area contributed by atoms with E-state index in [1.807, 2.05) is 21.0 Å². The molecule has 1 aromatic rings. The van der Waals surface area contributed by atoms with Crippen LogP contribution >= 0.6 is 0 Å². The van der Waals surface area contributed by atoms with Crippen molar-refractivity contribution < 1.29 is 9.53 Å². The molecule has 1 aromatic carbocycles. The fourth-order valence-electron chi connectivity index (χ4n) is 2.37. The fraction of sp³-hybridized carbons (Fsp3) is 0.562. The van der Waals surface area contributed by atoms with Gasteiger partial charge in [-0.05, 0) is 32.1 Å². The van der Waals surface area contributed by atoms with Gasteiger partial charge < -0.3 is 20.3 Å². The second-order valence-electron chi connectivity index (χ2n) is 5.99. The van der Waals surface area contributed by atoms with E-state index >= 15 is 0 Å². The largest absolute Gasteiger partial charge is 0.363 e. The molecule has 0 aromatic heterocycles. The Bertz CT molecular complexity index is 465. The zero-order chi connectivity index (χ0) is 15.3. The van der Waals surface area contributed by atoms with E-state index in [9.17, 15) is 4.79 Å². The van der Waals surface area contributed by atoms with Crippen molar-refractivity contribution in [1.29, 1.82) is 0 Å². The van der Waals surface area contributed by atoms with Gasteiger partial charge in [-0.1, -0.05) is 24.3 Å². The van der Waals surface area contributed by atoms with Crippen LogP contribution in [0, 0.1) is 0 Å². The lowest BCUT2D eigenvalue weighted by Crippen LogP contribution is -2.56. The molecule has 1 fully saturated rings. The van der Waals surface area contributed by atoms with Crippen LogP contribution in [-0.2, 0) is 22.6 Å². The molecule has 1 saturated heterocycles. The standard InChI is InChI=1S/C16H25N3O2/c1-16(12-17-8-9-21-16)15(20)18-10-13-4-6-14(7-5-13)11-19(2)3/h4-7,17H,8-12H2,1-3H3,(H,18,20)/t16-/m1/s1. The van der Waals surface area contributed by atoms with Crippen molar-refractivity contribution in [2.75, 3.05) is 33.8 Å². The Kier molecular flexibility index (Phi) is 5.33. The van der Waals surface area contributed by atoms with Gasteiger partial charge in [0.25, 0.3) is 5.91 Å². The number of amides is 1. The molecule has 2 rings (SSSR count). The van der Waals surface area contributed by atoms with Crippen molar-refractivity contribution in [2.45, 2.75) is 25.6 Å². The third kappa shape index (κ3) is 4.52. The predicted octanol–water partition coefficient (Wildman–Crippen LogP) is 0.743. The van der Waals surface area contributed by atoms with Crippen molar-refractivity contribution in [1.82, 2.24) is 15.5 Å². The van der Waals surface area contributed by atoms with E-state index < -0.39 is 5.60 Å². The van der Waals surface area contributed by atoms with Crippen molar-refractivity contribution in [3.63, 3.8) is 0 Å². The maximum absolute atomic E-state index is 12.2. The summed E-state index contributed by atoms with van der Waals surface area (Å²) in [7, 11) is 4.10. The van der Waals surface area contributed by atoms with E-state index in [-0.39, 0.29) is 5.91 Å². The average molecular weight is 291 g/mol. The molecule has 1 aliphatic rings. The van der Waals surface area contributed by atoms with E-state index in [0.717, 1.165) is 18.7 Å².